The third kappa shape index (κ3) is 1.64. The lowest BCUT2D eigenvalue weighted by molar-refractivity contribution is -0.121. The Morgan fingerprint density at radius 1 is 1.38 bits per heavy atom. The van der Waals surface area contributed by atoms with E-state index in [-0.39, 0.29) is 11.8 Å². The van der Waals surface area contributed by atoms with E-state index in [0.717, 1.165) is 5.52 Å². The maximum atomic E-state index is 11.7. The molecule has 16 heavy (non-hydrogen) atoms. The fraction of sp³-hybridized carbons (Fsp3) is 0.357. The van der Waals surface area contributed by atoms with E-state index in [9.17, 15) is 4.79 Å². The van der Waals surface area contributed by atoms with Crippen LogP contribution in [0.2, 0.25) is 0 Å². The molecule has 0 aliphatic rings. The maximum Gasteiger partial charge on any atom is 0.155 e. The Morgan fingerprint density at radius 3 is 2.81 bits per heavy atom. The lowest BCUT2D eigenvalue weighted by Gasteiger charge is -2.13. The number of rotatable bonds is 3. The number of aromatic nitrogens is 1. The van der Waals surface area contributed by atoms with Crippen LogP contribution in [0.4, 0.5) is 0 Å². The second-order valence-electron chi connectivity index (χ2n) is 4.23. The Kier molecular flexibility index (Phi) is 2.82. The van der Waals surface area contributed by atoms with Crippen molar-refractivity contribution in [1.29, 1.82) is 0 Å². The molecule has 1 unspecified atom stereocenters. The molecule has 0 N–H and O–H groups in total. The van der Waals surface area contributed by atoms with E-state index in [1.165, 1.54) is 10.9 Å². The van der Waals surface area contributed by atoms with Crippen LogP contribution in [-0.2, 0) is 4.79 Å². The van der Waals surface area contributed by atoms with Crippen molar-refractivity contribution in [1.82, 2.24) is 4.57 Å². The van der Waals surface area contributed by atoms with Crippen LogP contribution in [0.1, 0.15) is 31.9 Å². The topological polar surface area (TPSA) is 22.0 Å². The molecule has 1 atom stereocenters. The summed E-state index contributed by atoms with van der Waals surface area (Å²) in [7, 11) is 0. The van der Waals surface area contributed by atoms with Crippen LogP contribution in [0.3, 0.4) is 0 Å². The molecule has 84 valence electrons. The van der Waals surface area contributed by atoms with Gasteiger partial charge < -0.3 is 4.57 Å². The van der Waals surface area contributed by atoms with Gasteiger partial charge in [0.2, 0.25) is 0 Å². The number of nitrogens with zero attached hydrogens (tertiary/aromatic N) is 1. The average molecular weight is 215 g/mol. The zero-order chi connectivity index (χ0) is 11.7. The highest BCUT2D eigenvalue weighted by molar-refractivity contribution is 5.88. The minimum atomic E-state index is -0.0655. The molecule has 2 aromatic rings. The number of carbonyl (C=O) groups excluding carboxylic acids is 1. The van der Waals surface area contributed by atoms with Crippen LogP contribution in [0.25, 0.3) is 10.9 Å². The largest absolute Gasteiger partial charge is 0.337 e. The highest BCUT2D eigenvalue weighted by Gasteiger charge is 2.14. The number of aryl methyl sites for hydroxylation is 1. The minimum absolute atomic E-state index is 0.0655. The predicted molar refractivity (Wildman–Crippen MR) is 66.7 cm³/mol. The molecule has 0 saturated heterocycles. The van der Waals surface area contributed by atoms with E-state index in [0.29, 0.717) is 6.42 Å². The number of ketones is 1. The SMILES string of the molecule is CCC(=O)C(C)n1ccc2c(C)cccc21. The van der Waals surface area contributed by atoms with Gasteiger partial charge in [-0.3, -0.25) is 4.79 Å². The molecule has 2 nitrogen and oxygen atoms in total. The highest BCUT2D eigenvalue weighted by Crippen LogP contribution is 2.23. The second kappa shape index (κ2) is 4.12. The highest BCUT2D eigenvalue weighted by atomic mass is 16.1. The lowest BCUT2D eigenvalue weighted by Crippen LogP contribution is -2.14. The van der Waals surface area contributed by atoms with Gasteiger partial charge in [-0.05, 0) is 31.5 Å². The van der Waals surface area contributed by atoms with Crippen molar-refractivity contribution in [2.75, 3.05) is 0 Å². The number of hydrogen-bond acceptors (Lipinski definition) is 1. The molecule has 0 amide bonds. The molecule has 1 aromatic carbocycles. The summed E-state index contributed by atoms with van der Waals surface area (Å²) in [4.78, 5) is 11.7. The normalized spacial score (nSPS) is 12.9. The Hall–Kier alpha value is -1.57. The first-order valence-electron chi connectivity index (χ1n) is 5.74. The second-order valence-corrected chi connectivity index (χ2v) is 4.23. The molecule has 0 fully saturated rings. The average Bonchev–Trinajstić information content (AvgIpc) is 2.72. The molecule has 1 heterocycles. The van der Waals surface area contributed by atoms with Crippen LogP contribution in [0.5, 0.6) is 0 Å². The molecular weight excluding hydrogens is 198 g/mol. The van der Waals surface area contributed by atoms with E-state index in [2.05, 4.69) is 29.7 Å². The molecule has 2 heteroatoms. The number of Topliss-reactive ketones (excluding diaryl/α,β-unsaturated/α-hetero) is 1. The van der Waals surface area contributed by atoms with Gasteiger partial charge in [-0.2, -0.15) is 0 Å². The quantitative estimate of drug-likeness (QED) is 0.768. The fourth-order valence-electron chi connectivity index (χ4n) is 2.13. The fourth-order valence-corrected chi connectivity index (χ4v) is 2.13. The van der Waals surface area contributed by atoms with Gasteiger partial charge in [0.1, 0.15) is 0 Å². The van der Waals surface area contributed by atoms with E-state index in [1.54, 1.807) is 0 Å². The summed E-state index contributed by atoms with van der Waals surface area (Å²) in [6.07, 6.45) is 2.60. The smallest absolute Gasteiger partial charge is 0.155 e. The Labute approximate surface area is 95.9 Å². The van der Waals surface area contributed by atoms with Crippen molar-refractivity contribution in [2.45, 2.75) is 33.2 Å². The monoisotopic (exact) mass is 215 g/mol. The van der Waals surface area contributed by atoms with Gasteiger partial charge in [-0.1, -0.05) is 19.1 Å². The third-order valence-corrected chi connectivity index (χ3v) is 3.21. The Bertz CT molecular complexity index is 525. The van der Waals surface area contributed by atoms with Gasteiger partial charge in [0.05, 0.1) is 6.04 Å². The molecule has 0 aliphatic heterocycles. The van der Waals surface area contributed by atoms with Crippen molar-refractivity contribution in [3.8, 4) is 0 Å². The van der Waals surface area contributed by atoms with Gasteiger partial charge in [0, 0.05) is 23.5 Å². The van der Waals surface area contributed by atoms with Crippen LogP contribution in [0, 0.1) is 6.92 Å². The van der Waals surface area contributed by atoms with Crippen molar-refractivity contribution in [3.63, 3.8) is 0 Å². The van der Waals surface area contributed by atoms with Gasteiger partial charge in [-0.15, -0.1) is 0 Å². The van der Waals surface area contributed by atoms with Crippen molar-refractivity contribution >= 4 is 16.7 Å². The van der Waals surface area contributed by atoms with Gasteiger partial charge in [0.15, 0.2) is 5.78 Å². The Balaban J connectivity index is 2.54. The van der Waals surface area contributed by atoms with Crippen LogP contribution in [0.15, 0.2) is 30.5 Å². The molecular formula is C14H17NO. The van der Waals surface area contributed by atoms with E-state index in [4.69, 9.17) is 0 Å². The molecule has 0 radical (unpaired) electrons. The first-order valence-corrected chi connectivity index (χ1v) is 5.74. The summed E-state index contributed by atoms with van der Waals surface area (Å²) >= 11 is 0. The van der Waals surface area contributed by atoms with Gasteiger partial charge in [0.25, 0.3) is 0 Å². The first-order chi connectivity index (χ1) is 7.65. The molecule has 0 saturated carbocycles. The molecule has 1 aromatic heterocycles. The summed E-state index contributed by atoms with van der Waals surface area (Å²) in [5.74, 6) is 0.277. The summed E-state index contributed by atoms with van der Waals surface area (Å²) in [6, 6.07) is 8.23. The summed E-state index contributed by atoms with van der Waals surface area (Å²) in [5, 5.41) is 1.23. The number of benzene rings is 1. The van der Waals surface area contributed by atoms with E-state index >= 15 is 0 Å². The molecule has 0 aliphatic carbocycles. The number of carbonyl (C=O) groups is 1. The van der Waals surface area contributed by atoms with Gasteiger partial charge >= 0.3 is 0 Å². The molecule has 0 bridgehead atoms. The van der Waals surface area contributed by atoms with Crippen molar-refractivity contribution in [3.05, 3.63) is 36.0 Å². The number of hydrogen-bond donors (Lipinski definition) is 0. The van der Waals surface area contributed by atoms with Crippen LogP contribution >= 0.6 is 0 Å². The third-order valence-electron chi connectivity index (χ3n) is 3.21. The number of fused-ring (bicyclic) bond motifs is 1. The zero-order valence-electron chi connectivity index (χ0n) is 10.0. The summed E-state index contributed by atoms with van der Waals surface area (Å²) < 4.78 is 2.06. The zero-order valence-corrected chi connectivity index (χ0v) is 10.0. The first kappa shape index (κ1) is 10.9. The Morgan fingerprint density at radius 2 is 2.12 bits per heavy atom. The predicted octanol–water partition coefficient (Wildman–Crippen LogP) is 3.49. The standard InChI is InChI=1S/C14H17NO/c1-4-14(16)11(3)15-9-8-12-10(2)6-5-7-13(12)15/h5-9,11H,4H2,1-3H3. The van der Waals surface area contributed by atoms with E-state index in [1.807, 2.05) is 26.1 Å². The van der Waals surface area contributed by atoms with Crippen LogP contribution in [-0.4, -0.2) is 10.4 Å². The summed E-state index contributed by atoms with van der Waals surface area (Å²) in [6.45, 7) is 5.97. The lowest BCUT2D eigenvalue weighted by atomic mass is 10.1. The van der Waals surface area contributed by atoms with Crippen molar-refractivity contribution in [2.24, 2.45) is 0 Å². The minimum Gasteiger partial charge on any atom is -0.337 e. The molecule has 2 rings (SSSR count). The van der Waals surface area contributed by atoms with Crippen molar-refractivity contribution < 1.29 is 4.79 Å². The van der Waals surface area contributed by atoms with Crippen LogP contribution < -0.4 is 0 Å². The van der Waals surface area contributed by atoms with Gasteiger partial charge in [-0.25, -0.2) is 0 Å². The molecule has 0 spiro atoms. The maximum absolute atomic E-state index is 11.7. The van der Waals surface area contributed by atoms with E-state index < -0.39 is 0 Å². The summed E-state index contributed by atoms with van der Waals surface area (Å²) in [5.41, 5.74) is 2.40.